The maximum atomic E-state index is 12.9. The van der Waals surface area contributed by atoms with Gasteiger partial charge in [0.2, 0.25) is 5.88 Å². The first-order valence-corrected chi connectivity index (χ1v) is 8.69. The Kier molecular flexibility index (Phi) is 5.16. The van der Waals surface area contributed by atoms with Crippen molar-refractivity contribution in [2.75, 3.05) is 0 Å². The van der Waals surface area contributed by atoms with Gasteiger partial charge in [-0.25, -0.2) is 9.59 Å². The lowest BCUT2D eigenvalue weighted by Crippen LogP contribution is -2.31. The molecule has 0 fully saturated rings. The van der Waals surface area contributed by atoms with Crippen molar-refractivity contribution < 1.29 is 31.9 Å². The molecule has 0 amide bonds. The summed E-state index contributed by atoms with van der Waals surface area (Å²) in [6, 6.07) is 5.50. The van der Waals surface area contributed by atoms with Crippen LogP contribution in [0.2, 0.25) is 0 Å². The van der Waals surface area contributed by atoms with Crippen LogP contribution in [0.25, 0.3) is 0 Å². The summed E-state index contributed by atoms with van der Waals surface area (Å²) in [6.07, 6.45) is -5.02. The van der Waals surface area contributed by atoms with Crippen LogP contribution in [0, 0.1) is 6.92 Å². The lowest BCUT2D eigenvalue weighted by Gasteiger charge is -2.28. The molecule has 0 spiro atoms. The fourth-order valence-corrected chi connectivity index (χ4v) is 3.09. The molecule has 29 heavy (non-hydrogen) atoms. The average molecular weight is 409 g/mol. The fraction of sp³-hybridized carbons (Fsp3) is 0.300. The average Bonchev–Trinajstić information content (AvgIpc) is 2.58. The van der Waals surface area contributed by atoms with Gasteiger partial charge in [0.15, 0.2) is 0 Å². The summed E-state index contributed by atoms with van der Waals surface area (Å²) >= 11 is 0. The molecular weight excluding hydrogens is 391 g/mol. The van der Waals surface area contributed by atoms with Crippen molar-refractivity contribution in [2.45, 2.75) is 39.0 Å². The minimum absolute atomic E-state index is 0.0414. The Labute approximate surface area is 163 Å². The van der Waals surface area contributed by atoms with E-state index in [1.807, 2.05) is 0 Å². The van der Waals surface area contributed by atoms with E-state index in [-0.39, 0.29) is 34.1 Å². The molecule has 2 aromatic rings. The second-order valence-corrected chi connectivity index (χ2v) is 6.81. The zero-order valence-electron chi connectivity index (χ0n) is 15.8. The van der Waals surface area contributed by atoms with Gasteiger partial charge in [-0.2, -0.15) is 13.2 Å². The van der Waals surface area contributed by atoms with E-state index in [4.69, 9.17) is 19.6 Å². The summed E-state index contributed by atoms with van der Waals surface area (Å²) < 4.78 is 54.6. The van der Waals surface area contributed by atoms with Crippen LogP contribution in [0.1, 0.15) is 42.2 Å². The first-order valence-electron chi connectivity index (χ1n) is 8.69. The predicted molar refractivity (Wildman–Crippen MR) is 96.1 cm³/mol. The highest BCUT2D eigenvalue weighted by Crippen LogP contribution is 2.42. The number of aryl methyl sites for hydroxylation is 1. The molecule has 3 rings (SSSR count). The van der Waals surface area contributed by atoms with Crippen molar-refractivity contribution in [2.24, 2.45) is 5.73 Å². The van der Waals surface area contributed by atoms with Crippen LogP contribution in [-0.2, 0) is 15.7 Å². The summed E-state index contributed by atoms with van der Waals surface area (Å²) in [6.45, 7) is 4.77. The molecular formula is C20H18F3NO5. The number of fused-ring (bicyclic) bond motifs is 1. The van der Waals surface area contributed by atoms with Crippen molar-refractivity contribution in [3.8, 4) is 5.75 Å². The Bertz CT molecular complexity index is 1040. The molecule has 2 N–H and O–H groups in total. The quantitative estimate of drug-likeness (QED) is 0.779. The molecule has 0 saturated carbocycles. The normalized spacial score (nSPS) is 16.4. The Hall–Kier alpha value is -3.23. The highest BCUT2D eigenvalue weighted by atomic mass is 19.4. The highest BCUT2D eigenvalue weighted by Gasteiger charge is 2.39. The van der Waals surface area contributed by atoms with E-state index >= 15 is 0 Å². The third-order valence-corrected chi connectivity index (χ3v) is 4.27. The van der Waals surface area contributed by atoms with Gasteiger partial charge < -0.3 is 19.6 Å². The van der Waals surface area contributed by atoms with E-state index in [1.54, 1.807) is 13.8 Å². The Morgan fingerprint density at radius 2 is 1.83 bits per heavy atom. The van der Waals surface area contributed by atoms with E-state index in [1.165, 1.54) is 25.1 Å². The van der Waals surface area contributed by atoms with Gasteiger partial charge in [0.05, 0.1) is 23.1 Å². The largest absolute Gasteiger partial charge is 0.459 e. The maximum absolute atomic E-state index is 12.9. The zero-order chi connectivity index (χ0) is 21.5. The number of rotatable bonds is 3. The van der Waals surface area contributed by atoms with Gasteiger partial charge in [-0.3, -0.25) is 0 Å². The molecule has 2 heterocycles. The maximum Gasteiger partial charge on any atom is 0.416 e. The van der Waals surface area contributed by atoms with Crippen LogP contribution >= 0.6 is 0 Å². The fourth-order valence-electron chi connectivity index (χ4n) is 3.09. The van der Waals surface area contributed by atoms with Crippen LogP contribution in [0.3, 0.4) is 0 Å². The smallest absolute Gasteiger partial charge is 0.416 e. The Balaban J connectivity index is 2.21. The van der Waals surface area contributed by atoms with Gasteiger partial charge in [-0.05, 0) is 38.5 Å². The minimum Gasteiger partial charge on any atom is -0.459 e. The Morgan fingerprint density at radius 1 is 1.21 bits per heavy atom. The van der Waals surface area contributed by atoms with Gasteiger partial charge in [0.1, 0.15) is 17.1 Å². The predicted octanol–water partition coefficient (Wildman–Crippen LogP) is 3.61. The van der Waals surface area contributed by atoms with E-state index in [2.05, 4.69) is 0 Å². The van der Waals surface area contributed by atoms with Crippen molar-refractivity contribution >= 4 is 5.97 Å². The summed E-state index contributed by atoms with van der Waals surface area (Å²) in [5.41, 5.74) is 4.30. The molecule has 0 unspecified atom stereocenters. The highest BCUT2D eigenvalue weighted by molar-refractivity contribution is 5.92. The number of benzene rings is 1. The van der Waals surface area contributed by atoms with Crippen LogP contribution in [0.5, 0.6) is 5.75 Å². The van der Waals surface area contributed by atoms with Gasteiger partial charge in [0, 0.05) is 6.07 Å². The van der Waals surface area contributed by atoms with E-state index in [9.17, 15) is 22.8 Å². The van der Waals surface area contributed by atoms with E-state index in [0.29, 0.717) is 0 Å². The molecule has 0 aliphatic carbocycles. The third kappa shape index (κ3) is 3.98. The molecule has 1 aromatic heterocycles. The van der Waals surface area contributed by atoms with Gasteiger partial charge in [-0.15, -0.1) is 0 Å². The monoisotopic (exact) mass is 409 g/mol. The third-order valence-electron chi connectivity index (χ3n) is 4.27. The van der Waals surface area contributed by atoms with E-state index < -0.39 is 35.4 Å². The van der Waals surface area contributed by atoms with Crippen LogP contribution in [0.15, 0.2) is 51.0 Å². The second-order valence-electron chi connectivity index (χ2n) is 6.81. The van der Waals surface area contributed by atoms with Crippen LogP contribution in [0.4, 0.5) is 13.2 Å². The molecule has 6 nitrogen and oxygen atoms in total. The van der Waals surface area contributed by atoms with Crippen molar-refractivity contribution in [3.63, 3.8) is 0 Å². The van der Waals surface area contributed by atoms with Crippen LogP contribution < -0.4 is 16.1 Å². The number of carbonyl (C=O) groups is 1. The van der Waals surface area contributed by atoms with E-state index in [0.717, 1.165) is 12.1 Å². The topological polar surface area (TPSA) is 91.8 Å². The number of esters is 1. The number of alkyl halides is 3. The second kappa shape index (κ2) is 7.31. The standard InChI is InChI=1S/C20H18F3NO5/c1-9(2)27-19(26)16-14(11-4-6-12(7-5-11)20(21,22)23)15-13(29-17(16)24)8-10(3)28-18(15)25/h4-9,14H,24H2,1-3H3/t14-/m0/s1. The van der Waals surface area contributed by atoms with Crippen molar-refractivity contribution in [1.29, 1.82) is 0 Å². The van der Waals surface area contributed by atoms with Gasteiger partial charge >= 0.3 is 17.8 Å². The SMILES string of the molecule is Cc1cc2c(c(=O)o1)[C@H](c1ccc(C(F)(F)F)cc1)C(C(=O)OC(C)C)=C(N)O2. The summed E-state index contributed by atoms with van der Waals surface area (Å²) in [7, 11) is 0. The van der Waals surface area contributed by atoms with Crippen molar-refractivity contribution in [1.82, 2.24) is 0 Å². The van der Waals surface area contributed by atoms with Gasteiger partial charge in [-0.1, -0.05) is 12.1 Å². The molecule has 1 aromatic carbocycles. The molecule has 0 bridgehead atoms. The lowest BCUT2D eigenvalue weighted by atomic mass is 9.83. The van der Waals surface area contributed by atoms with Crippen molar-refractivity contribution in [3.05, 3.63) is 74.7 Å². The Morgan fingerprint density at radius 3 is 2.38 bits per heavy atom. The number of hydrogen-bond donors (Lipinski definition) is 1. The zero-order valence-corrected chi connectivity index (χ0v) is 15.8. The molecule has 154 valence electrons. The van der Waals surface area contributed by atoms with Gasteiger partial charge in [0.25, 0.3) is 0 Å². The molecule has 0 saturated heterocycles. The number of halogens is 3. The molecule has 9 heteroatoms. The number of nitrogens with two attached hydrogens (primary N) is 1. The number of hydrogen-bond acceptors (Lipinski definition) is 6. The van der Waals surface area contributed by atoms with Crippen LogP contribution in [-0.4, -0.2) is 12.1 Å². The first kappa shape index (κ1) is 20.5. The first-order chi connectivity index (χ1) is 13.5. The number of carbonyl (C=O) groups excluding carboxylic acids is 1. The number of ether oxygens (including phenoxy) is 2. The molecule has 0 radical (unpaired) electrons. The molecule has 1 aliphatic heterocycles. The summed E-state index contributed by atoms with van der Waals surface area (Å²) in [5.74, 6) is -1.92. The summed E-state index contributed by atoms with van der Waals surface area (Å²) in [4.78, 5) is 25.2. The summed E-state index contributed by atoms with van der Waals surface area (Å²) in [5, 5.41) is 0. The lowest BCUT2D eigenvalue weighted by molar-refractivity contribution is -0.143. The minimum atomic E-state index is -4.53. The molecule has 1 aliphatic rings. The molecule has 1 atom stereocenters.